The third-order valence-electron chi connectivity index (χ3n) is 2.51. The van der Waals surface area contributed by atoms with E-state index in [0.717, 1.165) is 10.4 Å². The lowest BCUT2D eigenvalue weighted by Gasteiger charge is -2.25. The van der Waals surface area contributed by atoms with E-state index in [9.17, 15) is 4.79 Å². The van der Waals surface area contributed by atoms with Gasteiger partial charge in [0.05, 0.1) is 11.5 Å². The Morgan fingerprint density at radius 1 is 1.47 bits per heavy atom. The monoisotopic (exact) mass is 279 g/mol. The van der Waals surface area contributed by atoms with Crippen molar-refractivity contribution in [2.75, 3.05) is 13.7 Å². The van der Waals surface area contributed by atoms with Gasteiger partial charge in [0.2, 0.25) is 5.91 Å². The van der Waals surface area contributed by atoms with E-state index in [4.69, 9.17) is 5.11 Å². The molecule has 0 spiro atoms. The lowest BCUT2D eigenvalue weighted by molar-refractivity contribution is -0.138. The molecule has 0 aromatic carbocycles. The summed E-state index contributed by atoms with van der Waals surface area (Å²) in [5.74, 6) is 6.03. The molecular formula is C15H21NO2S. The van der Waals surface area contributed by atoms with Crippen molar-refractivity contribution in [1.29, 1.82) is 0 Å². The molecule has 0 atom stereocenters. The van der Waals surface area contributed by atoms with Gasteiger partial charge in [0.1, 0.15) is 0 Å². The van der Waals surface area contributed by atoms with E-state index in [2.05, 4.69) is 11.8 Å². The predicted molar refractivity (Wildman–Crippen MR) is 78.8 cm³/mol. The fraction of sp³-hybridized carbons (Fsp3) is 0.533. The van der Waals surface area contributed by atoms with Gasteiger partial charge in [0.25, 0.3) is 0 Å². The average Bonchev–Trinajstić information content (AvgIpc) is 2.75. The zero-order chi connectivity index (χ0) is 14.5. The molecule has 0 fully saturated rings. The Hall–Kier alpha value is -1.31. The third kappa shape index (κ3) is 5.06. The fourth-order valence-electron chi connectivity index (χ4n) is 1.65. The van der Waals surface area contributed by atoms with Crippen molar-refractivity contribution in [2.24, 2.45) is 5.41 Å². The van der Waals surface area contributed by atoms with Gasteiger partial charge >= 0.3 is 0 Å². The van der Waals surface area contributed by atoms with Crippen molar-refractivity contribution in [3.05, 3.63) is 21.9 Å². The molecule has 0 radical (unpaired) electrons. The molecule has 1 heterocycles. The molecule has 0 unspecified atom stereocenters. The quantitative estimate of drug-likeness (QED) is 0.864. The third-order valence-corrected chi connectivity index (χ3v) is 3.40. The molecule has 0 aliphatic carbocycles. The minimum Gasteiger partial charge on any atom is -0.395 e. The number of carbonyl (C=O) groups is 1. The van der Waals surface area contributed by atoms with Crippen molar-refractivity contribution < 1.29 is 9.90 Å². The molecule has 104 valence electrons. The largest absolute Gasteiger partial charge is 0.395 e. The fourth-order valence-corrected chi connectivity index (χ4v) is 2.42. The molecule has 1 aromatic rings. The molecule has 4 heteroatoms. The van der Waals surface area contributed by atoms with E-state index < -0.39 is 0 Å². The molecule has 1 amide bonds. The van der Waals surface area contributed by atoms with Gasteiger partial charge in [-0.1, -0.05) is 32.6 Å². The second-order valence-electron chi connectivity index (χ2n) is 5.51. The number of hydrogen-bond acceptors (Lipinski definition) is 3. The van der Waals surface area contributed by atoms with Crippen LogP contribution < -0.4 is 0 Å². The van der Waals surface area contributed by atoms with Gasteiger partial charge < -0.3 is 10.0 Å². The van der Waals surface area contributed by atoms with E-state index in [-0.39, 0.29) is 17.9 Å². The van der Waals surface area contributed by atoms with E-state index in [1.165, 1.54) is 0 Å². The van der Waals surface area contributed by atoms with Crippen LogP contribution in [0.5, 0.6) is 0 Å². The summed E-state index contributed by atoms with van der Waals surface area (Å²) < 4.78 is 0. The summed E-state index contributed by atoms with van der Waals surface area (Å²) in [5, 5.41) is 10.7. The molecule has 19 heavy (non-hydrogen) atoms. The van der Waals surface area contributed by atoms with E-state index in [1.54, 1.807) is 16.2 Å². The van der Waals surface area contributed by atoms with E-state index in [1.807, 2.05) is 39.3 Å². The maximum Gasteiger partial charge on any atom is 0.227 e. The highest BCUT2D eigenvalue weighted by molar-refractivity contribution is 7.10. The van der Waals surface area contributed by atoms with Gasteiger partial charge in [-0.2, -0.15) is 0 Å². The second-order valence-corrected chi connectivity index (χ2v) is 6.42. The first kappa shape index (κ1) is 15.7. The molecule has 0 aliphatic heterocycles. The first-order chi connectivity index (χ1) is 8.84. The Morgan fingerprint density at radius 3 is 2.74 bits per heavy atom. The number of aliphatic hydroxyl groups is 1. The molecule has 0 bridgehead atoms. The predicted octanol–water partition coefficient (Wildman–Crippen LogP) is 2.49. The summed E-state index contributed by atoms with van der Waals surface area (Å²) in [6.45, 7) is 6.46. The Bertz CT molecular complexity index is 488. The van der Waals surface area contributed by atoms with Crippen molar-refractivity contribution in [3.8, 4) is 11.8 Å². The van der Waals surface area contributed by atoms with Gasteiger partial charge in [-0.05, 0) is 17.0 Å². The topological polar surface area (TPSA) is 40.5 Å². The number of aliphatic hydroxyl groups excluding tert-OH is 1. The van der Waals surface area contributed by atoms with Crippen LogP contribution in [0.15, 0.2) is 11.4 Å². The van der Waals surface area contributed by atoms with Crippen LogP contribution in [0.3, 0.4) is 0 Å². The summed E-state index contributed by atoms with van der Waals surface area (Å²) in [6.07, 6.45) is 0.496. The number of nitrogens with zero attached hydrogens (tertiary/aromatic N) is 1. The number of hydrogen-bond donors (Lipinski definition) is 1. The second kappa shape index (κ2) is 6.74. The van der Waals surface area contributed by atoms with Crippen molar-refractivity contribution in [3.63, 3.8) is 0 Å². The van der Waals surface area contributed by atoms with Crippen LogP contribution >= 0.6 is 11.3 Å². The molecule has 1 aromatic heterocycles. The molecule has 0 aliphatic rings. The Labute approximate surface area is 119 Å². The zero-order valence-electron chi connectivity index (χ0n) is 12.0. The van der Waals surface area contributed by atoms with Crippen LogP contribution in [0, 0.1) is 17.3 Å². The highest BCUT2D eigenvalue weighted by atomic mass is 32.1. The average molecular weight is 279 g/mol. The standard InChI is InChI=1S/C15H21NO2S/c1-15(2,3)14(18)16(4)10-12-9-13(19-11-12)7-5-6-8-17/h9,11,17H,6,8,10H2,1-4H3. The lowest BCUT2D eigenvalue weighted by Crippen LogP contribution is -2.36. The number of carbonyl (C=O) groups excluding carboxylic acids is 1. The van der Waals surface area contributed by atoms with Gasteiger partial charge in [-0.25, -0.2) is 0 Å². The lowest BCUT2D eigenvalue weighted by atomic mass is 9.95. The van der Waals surface area contributed by atoms with Gasteiger partial charge in [0.15, 0.2) is 0 Å². The van der Waals surface area contributed by atoms with Gasteiger partial charge in [-0.15, -0.1) is 11.3 Å². The molecule has 3 nitrogen and oxygen atoms in total. The van der Waals surface area contributed by atoms with Crippen LogP contribution in [0.4, 0.5) is 0 Å². The summed E-state index contributed by atoms with van der Waals surface area (Å²) in [5.41, 5.74) is 0.743. The normalized spacial score (nSPS) is 10.8. The summed E-state index contributed by atoms with van der Waals surface area (Å²) in [4.78, 5) is 14.8. The Balaban J connectivity index is 2.64. The van der Waals surface area contributed by atoms with Crippen LogP contribution in [0.1, 0.15) is 37.6 Å². The van der Waals surface area contributed by atoms with Crippen LogP contribution in [-0.4, -0.2) is 29.6 Å². The van der Waals surface area contributed by atoms with Crippen molar-refractivity contribution >= 4 is 17.2 Å². The number of thiophene rings is 1. The first-order valence-electron chi connectivity index (χ1n) is 6.27. The smallest absolute Gasteiger partial charge is 0.227 e. The van der Waals surface area contributed by atoms with Gasteiger partial charge in [-0.3, -0.25) is 4.79 Å². The molecule has 0 saturated heterocycles. The summed E-state index contributed by atoms with van der Waals surface area (Å²) >= 11 is 1.57. The number of rotatable bonds is 3. The van der Waals surface area contributed by atoms with Crippen LogP contribution in [0.2, 0.25) is 0 Å². The molecule has 1 N–H and O–H groups in total. The summed E-state index contributed by atoms with van der Waals surface area (Å²) in [7, 11) is 1.82. The minimum atomic E-state index is -0.353. The molecule has 1 rings (SSSR count). The Kier molecular flexibility index (Phi) is 5.59. The summed E-state index contributed by atoms with van der Waals surface area (Å²) in [6, 6.07) is 2.00. The first-order valence-corrected chi connectivity index (χ1v) is 7.15. The SMILES string of the molecule is CN(Cc1csc(C#CCCO)c1)C(=O)C(C)(C)C. The zero-order valence-corrected chi connectivity index (χ0v) is 12.8. The van der Waals surface area contributed by atoms with Crippen molar-refractivity contribution in [1.82, 2.24) is 4.90 Å². The minimum absolute atomic E-state index is 0.0913. The maximum atomic E-state index is 12.1. The van der Waals surface area contributed by atoms with Gasteiger partial charge in [0, 0.05) is 25.4 Å². The number of amides is 1. The highest BCUT2D eigenvalue weighted by Crippen LogP contribution is 2.20. The highest BCUT2D eigenvalue weighted by Gasteiger charge is 2.24. The van der Waals surface area contributed by atoms with Crippen LogP contribution in [-0.2, 0) is 11.3 Å². The molecular weight excluding hydrogens is 258 g/mol. The maximum absolute atomic E-state index is 12.1. The molecule has 0 saturated carbocycles. The Morgan fingerprint density at radius 2 is 2.16 bits per heavy atom. The van der Waals surface area contributed by atoms with Crippen molar-refractivity contribution in [2.45, 2.75) is 33.7 Å². The van der Waals surface area contributed by atoms with E-state index >= 15 is 0 Å². The van der Waals surface area contributed by atoms with E-state index in [0.29, 0.717) is 13.0 Å². The van der Waals surface area contributed by atoms with Crippen LogP contribution in [0.25, 0.3) is 0 Å².